The number of imidazole rings is 1. The molecule has 0 amide bonds. The van der Waals surface area contributed by atoms with Crippen LogP contribution in [0.4, 0.5) is 0 Å². The predicted octanol–water partition coefficient (Wildman–Crippen LogP) is 1.15. The molecular formula is C12H12N4O. The molecule has 17 heavy (non-hydrogen) atoms. The fourth-order valence-corrected chi connectivity index (χ4v) is 1.82. The summed E-state index contributed by atoms with van der Waals surface area (Å²) in [6.45, 7) is 0. The molecular weight excluding hydrogens is 216 g/mol. The first kappa shape index (κ1) is 10.0. The van der Waals surface area contributed by atoms with Crippen molar-refractivity contribution in [2.45, 2.75) is 6.10 Å². The van der Waals surface area contributed by atoms with E-state index >= 15 is 0 Å². The van der Waals surface area contributed by atoms with Crippen LogP contribution >= 0.6 is 0 Å². The van der Waals surface area contributed by atoms with E-state index in [1.165, 1.54) is 0 Å². The smallest absolute Gasteiger partial charge is 0.141 e. The molecule has 3 aromatic rings. The van der Waals surface area contributed by atoms with Gasteiger partial charge in [-0.3, -0.25) is 4.68 Å². The Morgan fingerprint density at radius 2 is 2.06 bits per heavy atom. The normalized spacial score (nSPS) is 13.1. The third-order valence-electron chi connectivity index (χ3n) is 2.68. The van der Waals surface area contributed by atoms with Gasteiger partial charge in [-0.2, -0.15) is 5.10 Å². The van der Waals surface area contributed by atoms with Crippen LogP contribution in [0, 0.1) is 0 Å². The average Bonchev–Trinajstić information content (AvgIpc) is 2.93. The molecule has 0 bridgehead atoms. The Balaban J connectivity index is 2.03. The van der Waals surface area contributed by atoms with E-state index in [0.29, 0.717) is 11.4 Å². The highest BCUT2D eigenvalue weighted by atomic mass is 16.3. The van der Waals surface area contributed by atoms with Crippen molar-refractivity contribution in [1.82, 2.24) is 19.2 Å². The molecule has 0 aliphatic carbocycles. The molecule has 0 spiro atoms. The van der Waals surface area contributed by atoms with E-state index in [1.54, 1.807) is 16.9 Å². The first-order valence-corrected chi connectivity index (χ1v) is 5.35. The van der Waals surface area contributed by atoms with Crippen LogP contribution in [0.5, 0.6) is 0 Å². The highest BCUT2D eigenvalue weighted by Gasteiger charge is 2.16. The Morgan fingerprint density at radius 1 is 1.18 bits per heavy atom. The van der Waals surface area contributed by atoms with Gasteiger partial charge in [0.15, 0.2) is 0 Å². The number of aliphatic hydroxyl groups excluding tert-OH is 1. The second kappa shape index (κ2) is 3.71. The fraction of sp³-hybridized carbons (Fsp3) is 0.167. The first-order valence-electron chi connectivity index (χ1n) is 5.35. The van der Waals surface area contributed by atoms with Crippen LogP contribution in [0.25, 0.3) is 5.65 Å². The maximum absolute atomic E-state index is 10.2. The van der Waals surface area contributed by atoms with Crippen molar-refractivity contribution in [3.8, 4) is 0 Å². The maximum Gasteiger partial charge on any atom is 0.141 e. The molecule has 86 valence electrons. The number of hydrogen-bond acceptors (Lipinski definition) is 3. The Labute approximate surface area is 98.0 Å². The van der Waals surface area contributed by atoms with Crippen LogP contribution < -0.4 is 0 Å². The molecule has 3 heterocycles. The van der Waals surface area contributed by atoms with Gasteiger partial charge in [0.1, 0.15) is 11.8 Å². The van der Waals surface area contributed by atoms with Gasteiger partial charge < -0.3 is 9.51 Å². The van der Waals surface area contributed by atoms with E-state index in [0.717, 1.165) is 5.65 Å². The minimum absolute atomic E-state index is 0.606. The number of aliphatic hydroxyl groups is 1. The molecule has 0 saturated heterocycles. The Morgan fingerprint density at radius 3 is 2.76 bits per heavy atom. The van der Waals surface area contributed by atoms with Gasteiger partial charge in [0.05, 0.1) is 11.4 Å². The number of aryl methyl sites for hydroxylation is 1. The summed E-state index contributed by atoms with van der Waals surface area (Å²) in [7, 11) is 1.82. The fourth-order valence-electron chi connectivity index (χ4n) is 1.82. The zero-order valence-corrected chi connectivity index (χ0v) is 9.35. The number of aromatic nitrogens is 4. The third kappa shape index (κ3) is 1.70. The van der Waals surface area contributed by atoms with Gasteiger partial charge in [0.25, 0.3) is 0 Å². The van der Waals surface area contributed by atoms with Crippen molar-refractivity contribution in [3.63, 3.8) is 0 Å². The summed E-state index contributed by atoms with van der Waals surface area (Å²) >= 11 is 0. The van der Waals surface area contributed by atoms with Gasteiger partial charge in [0, 0.05) is 25.6 Å². The van der Waals surface area contributed by atoms with E-state index in [1.807, 2.05) is 42.0 Å². The lowest BCUT2D eigenvalue weighted by Crippen LogP contribution is -2.02. The van der Waals surface area contributed by atoms with Crippen LogP contribution in [0.15, 0.2) is 42.9 Å². The Hall–Kier alpha value is -2.14. The number of nitrogens with zero attached hydrogens (tertiary/aromatic N) is 4. The molecule has 0 fully saturated rings. The molecule has 0 saturated carbocycles. The van der Waals surface area contributed by atoms with Crippen LogP contribution in [-0.2, 0) is 7.05 Å². The van der Waals surface area contributed by atoms with Crippen LogP contribution in [0.3, 0.4) is 0 Å². The summed E-state index contributed by atoms with van der Waals surface area (Å²) in [6, 6.07) is 7.52. The Bertz CT molecular complexity index is 622. The van der Waals surface area contributed by atoms with E-state index in [-0.39, 0.29) is 0 Å². The van der Waals surface area contributed by atoms with Crippen molar-refractivity contribution in [1.29, 1.82) is 0 Å². The second-order valence-electron chi connectivity index (χ2n) is 3.95. The molecule has 1 N–H and O–H groups in total. The average molecular weight is 228 g/mol. The van der Waals surface area contributed by atoms with Crippen molar-refractivity contribution in [2.24, 2.45) is 7.05 Å². The van der Waals surface area contributed by atoms with Gasteiger partial charge in [0.2, 0.25) is 0 Å². The lowest BCUT2D eigenvalue weighted by molar-refractivity contribution is 0.210. The summed E-state index contributed by atoms with van der Waals surface area (Å²) in [4.78, 5) is 4.36. The van der Waals surface area contributed by atoms with Gasteiger partial charge >= 0.3 is 0 Å². The van der Waals surface area contributed by atoms with Crippen LogP contribution in [0.2, 0.25) is 0 Å². The SMILES string of the molecule is Cn1ccc(C(O)c2cn3ccccc3n2)n1. The zero-order chi connectivity index (χ0) is 11.8. The van der Waals surface area contributed by atoms with E-state index in [2.05, 4.69) is 10.1 Å². The highest BCUT2D eigenvalue weighted by Crippen LogP contribution is 2.19. The van der Waals surface area contributed by atoms with E-state index in [9.17, 15) is 5.11 Å². The summed E-state index contributed by atoms with van der Waals surface area (Å²) in [5.41, 5.74) is 2.03. The molecule has 0 radical (unpaired) electrons. The first-order chi connectivity index (χ1) is 8.24. The largest absolute Gasteiger partial charge is 0.380 e. The Kier molecular flexibility index (Phi) is 2.19. The quantitative estimate of drug-likeness (QED) is 0.715. The summed E-state index contributed by atoms with van der Waals surface area (Å²) in [6.07, 6.45) is 4.73. The van der Waals surface area contributed by atoms with Gasteiger partial charge in [-0.15, -0.1) is 0 Å². The third-order valence-corrected chi connectivity index (χ3v) is 2.68. The molecule has 5 nitrogen and oxygen atoms in total. The number of fused-ring (bicyclic) bond motifs is 1. The molecule has 5 heteroatoms. The highest BCUT2D eigenvalue weighted by molar-refractivity contribution is 5.40. The lowest BCUT2D eigenvalue weighted by Gasteiger charge is -2.02. The summed E-state index contributed by atoms with van der Waals surface area (Å²) in [5.74, 6) is 0. The number of hydrogen-bond donors (Lipinski definition) is 1. The molecule has 0 aromatic carbocycles. The molecule has 0 aliphatic heterocycles. The monoisotopic (exact) mass is 228 g/mol. The van der Waals surface area contributed by atoms with E-state index < -0.39 is 6.10 Å². The van der Waals surface area contributed by atoms with Crippen molar-refractivity contribution in [2.75, 3.05) is 0 Å². The van der Waals surface area contributed by atoms with Gasteiger partial charge in [-0.25, -0.2) is 4.98 Å². The minimum Gasteiger partial charge on any atom is -0.380 e. The van der Waals surface area contributed by atoms with Crippen molar-refractivity contribution >= 4 is 5.65 Å². The van der Waals surface area contributed by atoms with Crippen molar-refractivity contribution < 1.29 is 5.11 Å². The molecule has 1 atom stereocenters. The lowest BCUT2D eigenvalue weighted by atomic mass is 10.2. The number of rotatable bonds is 2. The molecule has 3 aromatic heterocycles. The van der Waals surface area contributed by atoms with E-state index in [4.69, 9.17) is 0 Å². The molecule has 0 aliphatic rings. The number of pyridine rings is 1. The zero-order valence-electron chi connectivity index (χ0n) is 9.35. The molecule has 1 unspecified atom stereocenters. The predicted molar refractivity (Wildman–Crippen MR) is 62.5 cm³/mol. The van der Waals surface area contributed by atoms with Gasteiger partial charge in [-0.05, 0) is 18.2 Å². The summed E-state index contributed by atoms with van der Waals surface area (Å²) < 4.78 is 3.54. The summed E-state index contributed by atoms with van der Waals surface area (Å²) in [5, 5.41) is 14.3. The topological polar surface area (TPSA) is 55.4 Å². The maximum atomic E-state index is 10.2. The van der Waals surface area contributed by atoms with Gasteiger partial charge in [-0.1, -0.05) is 6.07 Å². The van der Waals surface area contributed by atoms with Crippen LogP contribution in [-0.4, -0.2) is 24.3 Å². The van der Waals surface area contributed by atoms with Crippen molar-refractivity contribution in [3.05, 3.63) is 54.2 Å². The minimum atomic E-state index is -0.781. The second-order valence-corrected chi connectivity index (χ2v) is 3.95. The standard InChI is InChI=1S/C12H12N4O/c1-15-7-5-9(14-15)12(17)10-8-16-6-3-2-4-11(16)13-10/h2-8,12,17H,1H3. The molecule has 3 rings (SSSR count). The van der Waals surface area contributed by atoms with Crippen LogP contribution in [0.1, 0.15) is 17.5 Å².